The molecule has 1 atom stereocenters. The molecule has 0 bridgehead atoms. The summed E-state index contributed by atoms with van der Waals surface area (Å²) < 4.78 is 0. The molecule has 2 amide bonds. The summed E-state index contributed by atoms with van der Waals surface area (Å²) in [7, 11) is 0. The average Bonchev–Trinajstić information content (AvgIpc) is 3.01. The van der Waals surface area contributed by atoms with Gasteiger partial charge in [0.25, 0.3) is 0 Å². The number of benzene rings is 1. The van der Waals surface area contributed by atoms with Crippen molar-refractivity contribution in [3.05, 3.63) is 46.2 Å². The van der Waals surface area contributed by atoms with Gasteiger partial charge in [0.05, 0.1) is 0 Å². The lowest BCUT2D eigenvalue weighted by Gasteiger charge is -2.13. The van der Waals surface area contributed by atoms with E-state index >= 15 is 0 Å². The number of amides is 2. The fraction of sp³-hybridized carbons (Fsp3) is 0.353. The first-order valence-electron chi connectivity index (χ1n) is 7.41. The zero-order valence-corrected chi connectivity index (χ0v) is 14.8. The molecule has 2 aromatic rings. The van der Waals surface area contributed by atoms with Gasteiger partial charge < -0.3 is 10.6 Å². The monoisotopic (exact) mass is 334 g/mol. The van der Waals surface area contributed by atoms with Gasteiger partial charge in [-0.05, 0) is 59.5 Å². The average molecular weight is 335 g/mol. The number of carbonyl (C=O) groups is 1. The van der Waals surface area contributed by atoms with Crippen molar-refractivity contribution in [3.63, 3.8) is 0 Å². The van der Waals surface area contributed by atoms with Crippen LogP contribution >= 0.6 is 23.1 Å². The fourth-order valence-corrected chi connectivity index (χ4v) is 3.60. The Hall–Kier alpha value is -1.46. The van der Waals surface area contributed by atoms with Gasteiger partial charge in [0.15, 0.2) is 0 Å². The van der Waals surface area contributed by atoms with Crippen LogP contribution in [0.5, 0.6) is 0 Å². The van der Waals surface area contributed by atoms with E-state index in [-0.39, 0.29) is 6.03 Å². The van der Waals surface area contributed by atoms with E-state index in [1.54, 1.807) is 11.3 Å². The Labute approximate surface area is 140 Å². The van der Waals surface area contributed by atoms with Crippen LogP contribution < -0.4 is 10.6 Å². The summed E-state index contributed by atoms with van der Waals surface area (Å²) in [6.45, 7) is 6.99. The molecule has 5 heteroatoms. The minimum Gasteiger partial charge on any atom is -0.334 e. The van der Waals surface area contributed by atoms with Crippen molar-refractivity contribution in [1.82, 2.24) is 5.32 Å². The molecule has 0 saturated carbocycles. The number of rotatable bonds is 6. The molecule has 2 rings (SSSR count). The van der Waals surface area contributed by atoms with Crippen LogP contribution in [-0.4, -0.2) is 11.3 Å². The second-order valence-electron chi connectivity index (χ2n) is 5.25. The van der Waals surface area contributed by atoms with Gasteiger partial charge in [-0.2, -0.15) is 11.3 Å². The van der Waals surface area contributed by atoms with Crippen molar-refractivity contribution >= 4 is 34.8 Å². The Kier molecular flexibility index (Phi) is 6.34. The topological polar surface area (TPSA) is 41.1 Å². The molecule has 1 unspecified atom stereocenters. The van der Waals surface area contributed by atoms with E-state index in [0.717, 1.165) is 23.2 Å². The normalized spacial score (nSPS) is 12.0. The van der Waals surface area contributed by atoms with Crippen LogP contribution in [0.25, 0.3) is 0 Å². The first kappa shape index (κ1) is 16.9. The van der Waals surface area contributed by atoms with Crippen LogP contribution in [0.4, 0.5) is 10.5 Å². The SMILES string of the molecule is CCC(C)Sc1ccc(NC(=O)NCc2ccsc2)c(C)c1. The molecule has 1 aromatic heterocycles. The molecule has 0 fully saturated rings. The van der Waals surface area contributed by atoms with Crippen molar-refractivity contribution in [1.29, 1.82) is 0 Å². The van der Waals surface area contributed by atoms with Crippen LogP contribution in [0.2, 0.25) is 0 Å². The molecule has 1 aromatic carbocycles. The molecule has 22 heavy (non-hydrogen) atoms. The maximum atomic E-state index is 11.9. The Morgan fingerprint density at radius 3 is 2.82 bits per heavy atom. The lowest BCUT2D eigenvalue weighted by molar-refractivity contribution is 0.251. The summed E-state index contributed by atoms with van der Waals surface area (Å²) >= 11 is 3.50. The molecule has 0 aliphatic carbocycles. The van der Waals surface area contributed by atoms with Gasteiger partial charge in [-0.3, -0.25) is 0 Å². The Balaban J connectivity index is 1.90. The standard InChI is InChI=1S/C17H22N2OS2/c1-4-13(3)22-15-5-6-16(12(2)9-15)19-17(20)18-10-14-7-8-21-11-14/h5-9,11,13H,4,10H2,1-3H3,(H2,18,19,20). The van der Waals surface area contributed by atoms with Crippen molar-refractivity contribution in [3.8, 4) is 0 Å². The van der Waals surface area contributed by atoms with Crippen molar-refractivity contribution in [2.75, 3.05) is 5.32 Å². The number of anilines is 1. The highest BCUT2D eigenvalue weighted by Gasteiger charge is 2.07. The molecule has 0 radical (unpaired) electrons. The minimum atomic E-state index is -0.170. The zero-order chi connectivity index (χ0) is 15.9. The van der Waals surface area contributed by atoms with E-state index in [4.69, 9.17) is 0 Å². The van der Waals surface area contributed by atoms with Crippen LogP contribution in [0.1, 0.15) is 31.4 Å². The summed E-state index contributed by atoms with van der Waals surface area (Å²) in [4.78, 5) is 13.2. The van der Waals surface area contributed by atoms with Gasteiger partial charge in [-0.15, -0.1) is 11.8 Å². The zero-order valence-electron chi connectivity index (χ0n) is 13.2. The van der Waals surface area contributed by atoms with Crippen molar-refractivity contribution < 1.29 is 4.79 Å². The summed E-state index contributed by atoms with van der Waals surface area (Å²) in [6, 6.07) is 8.02. The van der Waals surface area contributed by atoms with Gasteiger partial charge in [0, 0.05) is 22.4 Å². The lowest BCUT2D eigenvalue weighted by atomic mass is 10.2. The molecule has 0 spiro atoms. The van der Waals surface area contributed by atoms with E-state index in [0.29, 0.717) is 11.8 Å². The van der Waals surface area contributed by atoms with Crippen LogP contribution in [0, 0.1) is 6.92 Å². The molecular weight excluding hydrogens is 312 g/mol. The van der Waals surface area contributed by atoms with Crippen molar-refractivity contribution in [2.24, 2.45) is 0 Å². The Morgan fingerprint density at radius 1 is 1.36 bits per heavy atom. The maximum absolute atomic E-state index is 11.9. The van der Waals surface area contributed by atoms with Gasteiger partial charge in [0.1, 0.15) is 0 Å². The fourth-order valence-electron chi connectivity index (χ4n) is 1.91. The molecule has 0 aliphatic heterocycles. The molecule has 0 aliphatic rings. The third kappa shape index (κ3) is 5.07. The van der Waals surface area contributed by atoms with Gasteiger partial charge in [0.2, 0.25) is 0 Å². The number of hydrogen-bond donors (Lipinski definition) is 2. The number of aryl methyl sites for hydroxylation is 1. The van der Waals surface area contributed by atoms with E-state index in [2.05, 4.69) is 36.6 Å². The predicted molar refractivity (Wildman–Crippen MR) is 97.0 cm³/mol. The second kappa shape index (κ2) is 8.25. The molecular formula is C17H22N2OS2. The minimum absolute atomic E-state index is 0.170. The molecule has 3 nitrogen and oxygen atoms in total. The van der Waals surface area contributed by atoms with E-state index in [1.807, 2.05) is 41.6 Å². The summed E-state index contributed by atoms with van der Waals surface area (Å²) in [5.74, 6) is 0. The smallest absolute Gasteiger partial charge is 0.319 e. The first-order chi connectivity index (χ1) is 10.6. The van der Waals surface area contributed by atoms with Crippen LogP contribution in [-0.2, 0) is 6.54 Å². The maximum Gasteiger partial charge on any atom is 0.319 e. The number of thiophene rings is 1. The van der Waals surface area contributed by atoms with Crippen LogP contribution in [0.15, 0.2) is 39.9 Å². The van der Waals surface area contributed by atoms with Crippen molar-refractivity contribution in [2.45, 2.75) is 43.9 Å². The van der Waals surface area contributed by atoms with E-state index in [9.17, 15) is 4.79 Å². The highest BCUT2D eigenvalue weighted by molar-refractivity contribution is 7.99. The molecule has 1 heterocycles. The highest BCUT2D eigenvalue weighted by Crippen LogP contribution is 2.28. The number of hydrogen-bond acceptors (Lipinski definition) is 3. The Bertz CT molecular complexity index is 611. The number of carbonyl (C=O) groups excluding carboxylic acids is 1. The second-order valence-corrected chi connectivity index (χ2v) is 7.54. The van der Waals surface area contributed by atoms with E-state index in [1.165, 1.54) is 4.90 Å². The number of thioether (sulfide) groups is 1. The first-order valence-corrected chi connectivity index (χ1v) is 9.24. The van der Waals surface area contributed by atoms with Crippen LogP contribution in [0.3, 0.4) is 0 Å². The predicted octanol–water partition coefficient (Wildman–Crippen LogP) is 5.27. The Morgan fingerprint density at radius 2 is 2.18 bits per heavy atom. The summed E-state index contributed by atoms with van der Waals surface area (Å²) in [5, 5.41) is 10.4. The quantitative estimate of drug-likeness (QED) is 0.707. The molecule has 0 saturated heterocycles. The number of nitrogens with one attached hydrogen (secondary N) is 2. The third-order valence-corrected chi connectivity index (χ3v) is 5.39. The molecule has 118 valence electrons. The third-order valence-electron chi connectivity index (χ3n) is 3.39. The largest absolute Gasteiger partial charge is 0.334 e. The van der Waals surface area contributed by atoms with Gasteiger partial charge in [-0.25, -0.2) is 4.79 Å². The highest BCUT2D eigenvalue weighted by atomic mass is 32.2. The summed E-state index contributed by atoms with van der Waals surface area (Å²) in [5.41, 5.74) is 3.06. The summed E-state index contributed by atoms with van der Waals surface area (Å²) in [6.07, 6.45) is 1.15. The molecule has 2 N–H and O–H groups in total. The lowest BCUT2D eigenvalue weighted by Crippen LogP contribution is -2.28. The van der Waals surface area contributed by atoms with E-state index < -0.39 is 0 Å². The van der Waals surface area contributed by atoms with Gasteiger partial charge in [-0.1, -0.05) is 13.8 Å². The number of urea groups is 1. The van der Waals surface area contributed by atoms with Gasteiger partial charge >= 0.3 is 6.03 Å².